The maximum absolute atomic E-state index is 10.4. The van der Waals surface area contributed by atoms with Crippen LogP contribution in [0.1, 0.15) is 28.7 Å². The van der Waals surface area contributed by atoms with E-state index in [1.165, 1.54) is 24.3 Å². The molecule has 0 atom stereocenters. The van der Waals surface area contributed by atoms with Crippen LogP contribution in [-0.2, 0) is 0 Å². The van der Waals surface area contributed by atoms with E-state index in [1.54, 1.807) is 12.1 Å². The Hall–Kier alpha value is -4.58. The Morgan fingerprint density at radius 3 is 1.29 bits per heavy atom. The van der Waals surface area contributed by atoms with E-state index in [1.807, 2.05) is 60.7 Å². The number of hydrogen-bond acceptors (Lipinski definition) is 6. The predicted octanol–water partition coefficient (Wildman–Crippen LogP) is 5.27. The summed E-state index contributed by atoms with van der Waals surface area (Å²) in [6.07, 6.45) is 0.629. The Morgan fingerprint density at radius 1 is 0.514 bits per heavy atom. The third-order valence-electron chi connectivity index (χ3n) is 5.42. The fraction of sp³-hybridized carbons (Fsp3) is 0.103. The van der Waals surface area contributed by atoms with Gasteiger partial charge in [0.25, 0.3) is 0 Å². The van der Waals surface area contributed by atoms with Gasteiger partial charge in [0.05, 0.1) is 11.4 Å². The standard InChI is InChI=1S/C29H26N2O4/c32-22-12-14-24(26(34)18-22)28(20-8-3-1-4-9-20)30-16-7-17-31-29(21-10-5-2-6-11-21)25-15-13-23(33)19-27(25)35/h1-6,8-15,18-19,32-35H,7,16-17H2. The van der Waals surface area contributed by atoms with Crippen LogP contribution in [0.2, 0.25) is 0 Å². The summed E-state index contributed by atoms with van der Waals surface area (Å²) in [6, 6.07) is 28.1. The highest BCUT2D eigenvalue weighted by Crippen LogP contribution is 2.27. The SMILES string of the molecule is Oc1ccc(C(=NCCCN=C(c2ccccc2)c2ccc(O)cc2O)c2ccccc2)c(O)c1. The van der Waals surface area contributed by atoms with Gasteiger partial charge in [-0.2, -0.15) is 0 Å². The van der Waals surface area contributed by atoms with Gasteiger partial charge < -0.3 is 20.4 Å². The van der Waals surface area contributed by atoms with Gasteiger partial charge in [-0.1, -0.05) is 60.7 Å². The first-order chi connectivity index (χ1) is 17.0. The Bertz CT molecular complexity index is 1240. The number of benzene rings is 4. The second-order valence-corrected chi connectivity index (χ2v) is 7.95. The van der Waals surface area contributed by atoms with E-state index in [9.17, 15) is 20.4 Å². The van der Waals surface area contributed by atoms with Crippen LogP contribution in [0, 0.1) is 0 Å². The predicted molar refractivity (Wildman–Crippen MR) is 138 cm³/mol. The third kappa shape index (κ3) is 5.86. The van der Waals surface area contributed by atoms with Gasteiger partial charge in [0.2, 0.25) is 0 Å². The van der Waals surface area contributed by atoms with Crippen molar-refractivity contribution in [1.82, 2.24) is 0 Å². The molecule has 4 N–H and O–H groups in total. The first kappa shape index (κ1) is 23.6. The maximum Gasteiger partial charge on any atom is 0.128 e. The molecule has 4 aromatic carbocycles. The molecule has 0 fully saturated rings. The molecule has 0 aromatic heterocycles. The Kier molecular flexibility index (Phi) is 7.43. The van der Waals surface area contributed by atoms with E-state index in [0.29, 0.717) is 42.1 Å². The molecule has 4 aromatic rings. The van der Waals surface area contributed by atoms with Crippen LogP contribution >= 0.6 is 0 Å². The molecule has 0 aliphatic heterocycles. The molecule has 0 bridgehead atoms. The normalized spacial score (nSPS) is 12.0. The first-order valence-corrected chi connectivity index (χ1v) is 11.3. The zero-order chi connectivity index (χ0) is 24.6. The van der Waals surface area contributed by atoms with Gasteiger partial charge in [0.1, 0.15) is 23.0 Å². The van der Waals surface area contributed by atoms with E-state index in [4.69, 9.17) is 9.98 Å². The second-order valence-electron chi connectivity index (χ2n) is 7.95. The van der Waals surface area contributed by atoms with Crippen LogP contribution in [0.3, 0.4) is 0 Å². The number of aliphatic imine (C=N–C) groups is 2. The van der Waals surface area contributed by atoms with Gasteiger partial charge in [0.15, 0.2) is 0 Å². The van der Waals surface area contributed by atoms with Gasteiger partial charge in [-0.25, -0.2) is 0 Å². The summed E-state index contributed by atoms with van der Waals surface area (Å²) in [5.74, 6) is -0.113. The Labute approximate surface area is 203 Å². The number of aromatic hydroxyl groups is 4. The summed E-state index contributed by atoms with van der Waals surface area (Å²) < 4.78 is 0. The molecule has 0 saturated heterocycles. The summed E-state index contributed by atoms with van der Waals surface area (Å²) in [5.41, 5.74) is 4.05. The third-order valence-corrected chi connectivity index (χ3v) is 5.42. The van der Waals surface area contributed by atoms with Gasteiger partial charge in [-0.15, -0.1) is 0 Å². The molecule has 0 aliphatic rings. The molecule has 6 heteroatoms. The number of rotatable bonds is 8. The van der Waals surface area contributed by atoms with Crippen molar-refractivity contribution in [2.24, 2.45) is 9.98 Å². The molecular weight excluding hydrogens is 440 g/mol. The summed E-state index contributed by atoms with van der Waals surface area (Å²) in [6.45, 7) is 0.912. The highest BCUT2D eigenvalue weighted by molar-refractivity contribution is 6.15. The van der Waals surface area contributed by atoms with Crippen LogP contribution < -0.4 is 0 Å². The minimum Gasteiger partial charge on any atom is -0.508 e. The molecule has 0 spiro atoms. The molecule has 0 radical (unpaired) electrons. The lowest BCUT2D eigenvalue weighted by molar-refractivity contribution is 0.449. The van der Waals surface area contributed by atoms with Crippen molar-refractivity contribution in [3.05, 3.63) is 119 Å². The van der Waals surface area contributed by atoms with Crippen molar-refractivity contribution in [1.29, 1.82) is 0 Å². The summed E-state index contributed by atoms with van der Waals surface area (Å²) in [7, 11) is 0. The largest absolute Gasteiger partial charge is 0.508 e. The summed E-state index contributed by atoms with van der Waals surface area (Å²) in [4.78, 5) is 9.50. The van der Waals surface area contributed by atoms with Crippen molar-refractivity contribution in [2.45, 2.75) is 6.42 Å². The van der Waals surface area contributed by atoms with Crippen LogP contribution in [0.25, 0.3) is 0 Å². The van der Waals surface area contributed by atoms with Crippen LogP contribution in [-0.4, -0.2) is 44.9 Å². The lowest BCUT2D eigenvalue weighted by Crippen LogP contribution is -2.07. The molecule has 4 rings (SSSR count). The number of phenolic OH excluding ortho intramolecular Hbond substituents is 4. The molecule has 6 nitrogen and oxygen atoms in total. The minimum absolute atomic E-state index is 0.0149. The van der Waals surface area contributed by atoms with E-state index in [0.717, 1.165) is 11.1 Å². The van der Waals surface area contributed by atoms with Gasteiger partial charge in [0, 0.05) is 47.5 Å². The topological polar surface area (TPSA) is 106 Å². The van der Waals surface area contributed by atoms with Crippen LogP contribution in [0.4, 0.5) is 0 Å². The number of nitrogens with zero attached hydrogens (tertiary/aromatic N) is 2. The Balaban J connectivity index is 1.58. The zero-order valence-corrected chi connectivity index (χ0v) is 19.0. The molecule has 0 heterocycles. The van der Waals surface area contributed by atoms with Crippen molar-refractivity contribution in [3.63, 3.8) is 0 Å². The van der Waals surface area contributed by atoms with Crippen molar-refractivity contribution >= 4 is 11.4 Å². The first-order valence-electron chi connectivity index (χ1n) is 11.3. The van der Waals surface area contributed by atoms with Crippen LogP contribution in [0.5, 0.6) is 23.0 Å². The molecular formula is C29H26N2O4. The average Bonchev–Trinajstić information content (AvgIpc) is 2.86. The van der Waals surface area contributed by atoms with Crippen molar-refractivity contribution in [2.75, 3.05) is 13.1 Å². The molecule has 0 unspecified atom stereocenters. The number of hydrogen-bond donors (Lipinski definition) is 4. The quantitative estimate of drug-likeness (QED) is 0.210. The van der Waals surface area contributed by atoms with Crippen molar-refractivity contribution < 1.29 is 20.4 Å². The van der Waals surface area contributed by atoms with Gasteiger partial charge >= 0.3 is 0 Å². The smallest absolute Gasteiger partial charge is 0.128 e. The average molecular weight is 467 g/mol. The van der Waals surface area contributed by atoms with Gasteiger partial charge in [-0.3, -0.25) is 9.98 Å². The van der Waals surface area contributed by atoms with E-state index >= 15 is 0 Å². The van der Waals surface area contributed by atoms with Crippen molar-refractivity contribution in [3.8, 4) is 23.0 Å². The zero-order valence-electron chi connectivity index (χ0n) is 19.0. The highest BCUT2D eigenvalue weighted by Gasteiger charge is 2.13. The minimum atomic E-state index is -0.0419. The van der Waals surface area contributed by atoms with E-state index in [-0.39, 0.29) is 23.0 Å². The van der Waals surface area contributed by atoms with E-state index in [2.05, 4.69) is 0 Å². The lowest BCUT2D eigenvalue weighted by atomic mass is 10.0. The lowest BCUT2D eigenvalue weighted by Gasteiger charge is -2.11. The van der Waals surface area contributed by atoms with Crippen LogP contribution in [0.15, 0.2) is 107 Å². The second kappa shape index (κ2) is 11.0. The number of phenols is 4. The molecule has 0 aliphatic carbocycles. The highest BCUT2D eigenvalue weighted by atomic mass is 16.3. The molecule has 0 amide bonds. The van der Waals surface area contributed by atoms with Gasteiger partial charge in [-0.05, 0) is 30.7 Å². The molecule has 35 heavy (non-hydrogen) atoms. The van der Waals surface area contributed by atoms with E-state index < -0.39 is 0 Å². The summed E-state index contributed by atoms with van der Waals surface area (Å²) in [5, 5.41) is 40.1. The summed E-state index contributed by atoms with van der Waals surface area (Å²) >= 11 is 0. The maximum atomic E-state index is 10.4. The monoisotopic (exact) mass is 466 g/mol. The Morgan fingerprint density at radius 2 is 0.914 bits per heavy atom. The fourth-order valence-corrected chi connectivity index (χ4v) is 3.75. The molecule has 0 saturated carbocycles. The fourth-order valence-electron chi connectivity index (χ4n) is 3.75. The molecule has 176 valence electrons.